The first kappa shape index (κ1) is 20.5. The molecule has 0 bridgehead atoms. The van der Waals surface area contributed by atoms with E-state index in [4.69, 9.17) is 0 Å². The SMILES string of the molecule is CCC(c1ccc(F)cc1)n1cc(C(=O)Nc2ccc(C)cc2-c2cc(C)[nH]n2)nn1. The molecule has 0 saturated carbocycles. The minimum Gasteiger partial charge on any atom is -0.320 e. The Morgan fingerprint density at radius 2 is 1.94 bits per heavy atom. The standard InChI is InChI=1S/C23H23FN6O/c1-4-22(16-6-8-17(24)9-7-16)30-13-21(28-29-30)23(31)25-19-10-5-14(2)11-18(19)20-12-15(3)26-27-20/h5-13,22H,4H2,1-3H3,(H,25,31)(H,26,27). The number of nitrogens with one attached hydrogen (secondary N) is 2. The van der Waals surface area contributed by atoms with E-state index in [1.54, 1.807) is 23.0 Å². The van der Waals surface area contributed by atoms with Gasteiger partial charge >= 0.3 is 0 Å². The zero-order valence-corrected chi connectivity index (χ0v) is 17.6. The van der Waals surface area contributed by atoms with Gasteiger partial charge < -0.3 is 5.32 Å². The van der Waals surface area contributed by atoms with Gasteiger partial charge in [-0.3, -0.25) is 9.89 Å². The van der Waals surface area contributed by atoms with E-state index in [0.717, 1.165) is 34.5 Å². The minimum atomic E-state index is -0.363. The molecule has 0 radical (unpaired) electrons. The van der Waals surface area contributed by atoms with Crippen LogP contribution >= 0.6 is 0 Å². The quantitative estimate of drug-likeness (QED) is 0.476. The summed E-state index contributed by atoms with van der Waals surface area (Å²) >= 11 is 0. The van der Waals surface area contributed by atoms with Crippen molar-refractivity contribution in [1.82, 2.24) is 25.2 Å². The largest absolute Gasteiger partial charge is 0.320 e. The van der Waals surface area contributed by atoms with Gasteiger partial charge in [0.2, 0.25) is 0 Å². The number of carbonyl (C=O) groups is 1. The summed E-state index contributed by atoms with van der Waals surface area (Å²) in [6, 6.07) is 13.8. The Bertz CT molecular complexity index is 1210. The number of hydrogen-bond donors (Lipinski definition) is 2. The molecule has 2 aromatic carbocycles. The van der Waals surface area contributed by atoms with Gasteiger partial charge in [-0.15, -0.1) is 5.10 Å². The van der Waals surface area contributed by atoms with Gasteiger partial charge in [-0.1, -0.05) is 35.9 Å². The van der Waals surface area contributed by atoms with Gasteiger partial charge in [-0.05, 0) is 56.2 Å². The maximum Gasteiger partial charge on any atom is 0.277 e. The molecule has 8 heteroatoms. The smallest absolute Gasteiger partial charge is 0.277 e. The van der Waals surface area contributed by atoms with E-state index in [1.807, 2.05) is 45.0 Å². The average Bonchev–Trinajstić information content (AvgIpc) is 3.41. The number of hydrogen-bond acceptors (Lipinski definition) is 4. The predicted molar refractivity (Wildman–Crippen MR) is 116 cm³/mol. The Labute approximate surface area is 179 Å². The van der Waals surface area contributed by atoms with Crippen LogP contribution in [0.3, 0.4) is 0 Å². The molecule has 31 heavy (non-hydrogen) atoms. The number of anilines is 1. The highest BCUT2D eigenvalue weighted by atomic mass is 19.1. The van der Waals surface area contributed by atoms with Crippen molar-refractivity contribution < 1.29 is 9.18 Å². The molecule has 2 heterocycles. The molecule has 0 aliphatic heterocycles. The second-order valence-electron chi connectivity index (χ2n) is 7.50. The third-order valence-electron chi connectivity index (χ3n) is 5.11. The van der Waals surface area contributed by atoms with Gasteiger partial charge in [-0.25, -0.2) is 9.07 Å². The van der Waals surface area contributed by atoms with E-state index in [0.29, 0.717) is 5.69 Å². The summed E-state index contributed by atoms with van der Waals surface area (Å²) in [5.41, 5.74) is 5.31. The van der Waals surface area contributed by atoms with Crippen molar-refractivity contribution in [2.75, 3.05) is 5.32 Å². The summed E-state index contributed by atoms with van der Waals surface area (Å²) in [6.45, 7) is 5.91. The number of aromatic nitrogens is 5. The highest BCUT2D eigenvalue weighted by Crippen LogP contribution is 2.29. The Kier molecular flexibility index (Phi) is 5.62. The summed E-state index contributed by atoms with van der Waals surface area (Å²) in [7, 11) is 0. The first-order valence-electron chi connectivity index (χ1n) is 10.1. The normalized spacial score (nSPS) is 12.0. The number of H-pyrrole nitrogens is 1. The average molecular weight is 418 g/mol. The lowest BCUT2D eigenvalue weighted by Crippen LogP contribution is -2.14. The van der Waals surface area contributed by atoms with Crippen molar-refractivity contribution in [1.29, 1.82) is 0 Å². The van der Waals surface area contributed by atoms with Gasteiger partial charge in [0.1, 0.15) is 5.82 Å². The number of amides is 1. The van der Waals surface area contributed by atoms with Gasteiger partial charge in [0.15, 0.2) is 5.69 Å². The fourth-order valence-electron chi connectivity index (χ4n) is 3.51. The maximum absolute atomic E-state index is 13.3. The first-order chi connectivity index (χ1) is 14.9. The highest BCUT2D eigenvalue weighted by molar-refractivity contribution is 6.04. The molecule has 1 atom stereocenters. The Balaban J connectivity index is 1.58. The predicted octanol–water partition coefficient (Wildman–Crippen LogP) is 4.68. The van der Waals surface area contributed by atoms with Crippen LogP contribution in [0.4, 0.5) is 10.1 Å². The van der Waals surface area contributed by atoms with Crippen molar-refractivity contribution in [3.63, 3.8) is 0 Å². The highest BCUT2D eigenvalue weighted by Gasteiger charge is 2.19. The summed E-state index contributed by atoms with van der Waals surface area (Å²) in [4.78, 5) is 12.9. The van der Waals surface area contributed by atoms with Crippen molar-refractivity contribution >= 4 is 11.6 Å². The number of aryl methyl sites for hydroxylation is 2. The summed E-state index contributed by atoms with van der Waals surface area (Å²) in [6.07, 6.45) is 2.33. The van der Waals surface area contributed by atoms with Crippen LogP contribution in [0.2, 0.25) is 0 Å². The van der Waals surface area contributed by atoms with Crippen LogP contribution in [-0.4, -0.2) is 31.1 Å². The lowest BCUT2D eigenvalue weighted by molar-refractivity contribution is 0.102. The number of rotatable bonds is 6. The molecule has 0 aliphatic carbocycles. The van der Waals surface area contributed by atoms with Gasteiger partial charge in [0.25, 0.3) is 5.91 Å². The molecular weight excluding hydrogens is 395 g/mol. The van der Waals surface area contributed by atoms with E-state index in [1.165, 1.54) is 12.1 Å². The zero-order chi connectivity index (χ0) is 22.0. The molecule has 4 rings (SSSR count). The van der Waals surface area contributed by atoms with Gasteiger partial charge in [0, 0.05) is 11.3 Å². The molecule has 0 fully saturated rings. The topological polar surface area (TPSA) is 88.5 Å². The van der Waals surface area contributed by atoms with E-state index in [-0.39, 0.29) is 23.5 Å². The number of carbonyl (C=O) groups excluding carboxylic acids is 1. The molecular formula is C23H23FN6O. The minimum absolute atomic E-state index is 0.142. The molecule has 0 saturated heterocycles. The number of benzene rings is 2. The molecule has 2 N–H and O–H groups in total. The van der Waals surface area contributed by atoms with Crippen LogP contribution in [0, 0.1) is 19.7 Å². The van der Waals surface area contributed by atoms with E-state index in [2.05, 4.69) is 25.8 Å². The summed E-state index contributed by atoms with van der Waals surface area (Å²) in [5.74, 6) is -0.657. The fraction of sp³-hybridized carbons (Fsp3) is 0.217. The third kappa shape index (κ3) is 4.37. The maximum atomic E-state index is 13.3. The Hall–Kier alpha value is -3.81. The van der Waals surface area contributed by atoms with Crippen LogP contribution in [0.15, 0.2) is 54.7 Å². The van der Waals surface area contributed by atoms with Gasteiger partial charge in [-0.2, -0.15) is 5.10 Å². The number of halogens is 1. The molecule has 0 aliphatic rings. The number of nitrogens with zero attached hydrogens (tertiary/aromatic N) is 4. The number of aromatic amines is 1. The van der Waals surface area contributed by atoms with Crippen molar-refractivity contribution in [3.8, 4) is 11.3 Å². The van der Waals surface area contributed by atoms with E-state index in [9.17, 15) is 9.18 Å². The van der Waals surface area contributed by atoms with E-state index >= 15 is 0 Å². The summed E-state index contributed by atoms with van der Waals surface area (Å²) in [5, 5.41) is 18.4. The lowest BCUT2D eigenvalue weighted by Gasteiger charge is -2.15. The van der Waals surface area contributed by atoms with Crippen molar-refractivity contribution in [3.05, 3.63) is 83.1 Å². The van der Waals surface area contributed by atoms with Gasteiger partial charge in [0.05, 0.1) is 23.6 Å². The molecule has 1 unspecified atom stereocenters. The monoisotopic (exact) mass is 418 g/mol. The lowest BCUT2D eigenvalue weighted by atomic mass is 10.0. The molecule has 4 aromatic rings. The molecule has 158 valence electrons. The van der Waals surface area contributed by atoms with Crippen LogP contribution in [0.25, 0.3) is 11.3 Å². The molecule has 7 nitrogen and oxygen atoms in total. The van der Waals surface area contributed by atoms with Crippen LogP contribution < -0.4 is 5.32 Å². The van der Waals surface area contributed by atoms with Crippen molar-refractivity contribution in [2.24, 2.45) is 0 Å². The second-order valence-corrected chi connectivity index (χ2v) is 7.50. The van der Waals surface area contributed by atoms with Crippen LogP contribution in [-0.2, 0) is 0 Å². The third-order valence-corrected chi connectivity index (χ3v) is 5.11. The fourth-order valence-corrected chi connectivity index (χ4v) is 3.51. The van der Waals surface area contributed by atoms with Crippen molar-refractivity contribution in [2.45, 2.75) is 33.2 Å². The Morgan fingerprint density at radius 1 is 1.16 bits per heavy atom. The Morgan fingerprint density at radius 3 is 2.61 bits per heavy atom. The summed E-state index contributed by atoms with van der Waals surface area (Å²) < 4.78 is 14.9. The van der Waals surface area contributed by atoms with Crippen LogP contribution in [0.5, 0.6) is 0 Å². The first-order valence-corrected chi connectivity index (χ1v) is 10.1. The second kappa shape index (κ2) is 8.51. The zero-order valence-electron chi connectivity index (χ0n) is 17.6. The van der Waals surface area contributed by atoms with E-state index < -0.39 is 0 Å². The molecule has 2 aromatic heterocycles. The molecule has 0 spiro atoms. The molecule has 1 amide bonds. The van der Waals surface area contributed by atoms with Crippen LogP contribution in [0.1, 0.15) is 46.7 Å².